The van der Waals surface area contributed by atoms with Crippen LogP contribution in [0.3, 0.4) is 0 Å². The maximum absolute atomic E-state index is 12.7. The Balaban J connectivity index is 1.13. The average molecular weight is 457 g/mol. The first-order valence-corrected chi connectivity index (χ1v) is 11.6. The van der Waals surface area contributed by atoms with Crippen molar-refractivity contribution in [2.75, 3.05) is 54.4 Å². The largest absolute Gasteiger partial charge is 0.447 e. The lowest BCUT2D eigenvalue weighted by Crippen LogP contribution is -2.45. The van der Waals surface area contributed by atoms with Gasteiger partial charge < -0.3 is 15.0 Å². The summed E-state index contributed by atoms with van der Waals surface area (Å²) in [5.41, 5.74) is 4.54. The van der Waals surface area contributed by atoms with Gasteiger partial charge in [0.25, 0.3) is 5.91 Å². The second-order valence-electron chi connectivity index (χ2n) is 8.56. The Labute approximate surface area is 199 Å². The molecule has 5 rings (SSSR count). The van der Waals surface area contributed by atoms with Crippen LogP contribution in [-0.2, 0) is 11.3 Å². The number of piperazine rings is 1. The van der Waals surface area contributed by atoms with Crippen molar-refractivity contribution in [2.24, 2.45) is 0 Å². The van der Waals surface area contributed by atoms with Crippen LogP contribution in [0.5, 0.6) is 0 Å². The molecule has 0 atom stereocenters. The maximum atomic E-state index is 12.7. The zero-order valence-electron chi connectivity index (χ0n) is 19.0. The number of carbonyl (C=O) groups is 2. The lowest BCUT2D eigenvalue weighted by atomic mass is 10.1. The Bertz CT molecular complexity index is 1120. The summed E-state index contributed by atoms with van der Waals surface area (Å²) in [6, 6.07) is 25.6. The minimum absolute atomic E-state index is 0.183. The van der Waals surface area contributed by atoms with Gasteiger partial charge in [-0.1, -0.05) is 30.3 Å². The summed E-state index contributed by atoms with van der Waals surface area (Å²) >= 11 is 0. The number of nitrogens with zero attached hydrogens (tertiary/aromatic N) is 3. The molecule has 7 heteroatoms. The van der Waals surface area contributed by atoms with E-state index in [0.717, 1.165) is 44.1 Å². The van der Waals surface area contributed by atoms with E-state index in [4.69, 9.17) is 4.74 Å². The van der Waals surface area contributed by atoms with Crippen molar-refractivity contribution in [2.45, 2.75) is 6.54 Å². The minimum Gasteiger partial charge on any atom is -0.447 e. The number of carbonyl (C=O) groups excluding carboxylic acids is 2. The van der Waals surface area contributed by atoms with Crippen molar-refractivity contribution in [3.63, 3.8) is 0 Å². The highest BCUT2D eigenvalue weighted by atomic mass is 16.6. The normalized spacial score (nSPS) is 16.4. The number of benzene rings is 3. The third-order valence-electron chi connectivity index (χ3n) is 6.31. The van der Waals surface area contributed by atoms with Crippen LogP contribution in [0.15, 0.2) is 78.9 Å². The van der Waals surface area contributed by atoms with Crippen LogP contribution < -0.4 is 15.1 Å². The first-order chi connectivity index (χ1) is 16.7. The van der Waals surface area contributed by atoms with Crippen molar-refractivity contribution in [1.29, 1.82) is 0 Å². The van der Waals surface area contributed by atoms with Gasteiger partial charge >= 0.3 is 6.09 Å². The third kappa shape index (κ3) is 5.05. The van der Waals surface area contributed by atoms with Gasteiger partial charge in [0.2, 0.25) is 0 Å². The summed E-state index contributed by atoms with van der Waals surface area (Å²) in [6.45, 7) is 5.92. The molecule has 2 fully saturated rings. The number of ether oxygens (including phenoxy) is 1. The molecule has 7 nitrogen and oxygen atoms in total. The van der Waals surface area contributed by atoms with E-state index in [2.05, 4.69) is 57.6 Å². The number of hydrogen-bond donors (Lipinski definition) is 1. The molecule has 2 heterocycles. The molecule has 3 aromatic carbocycles. The molecule has 0 aliphatic carbocycles. The molecule has 0 spiro atoms. The van der Waals surface area contributed by atoms with Crippen molar-refractivity contribution < 1.29 is 14.3 Å². The lowest BCUT2D eigenvalue weighted by molar-refractivity contribution is 0.102. The first-order valence-electron chi connectivity index (χ1n) is 11.6. The third-order valence-corrected chi connectivity index (χ3v) is 6.31. The number of hydrogen-bond acceptors (Lipinski definition) is 5. The molecular weight excluding hydrogens is 428 g/mol. The quantitative estimate of drug-likeness (QED) is 0.602. The van der Waals surface area contributed by atoms with Gasteiger partial charge in [-0.05, 0) is 54.1 Å². The number of cyclic esters (lactones) is 1. The predicted octanol–water partition coefficient (Wildman–Crippen LogP) is 4.22. The van der Waals surface area contributed by atoms with Crippen LogP contribution in [0, 0.1) is 0 Å². The zero-order valence-corrected chi connectivity index (χ0v) is 19.0. The zero-order chi connectivity index (χ0) is 23.3. The summed E-state index contributed by atoms with van der Waals surface area (Å²) in [7, 11) is 0. The van der Waals surface area contributed by atoms with Crippen molar-refractivity contribution in [1.82, 2.24) is 4.90 Å². The molecule has 2 aliphatic rings. The molecule has 1 N–H and O–H groups in total. The van der Waals surface area contributed by atoms with Gasteiger partial charge in [-0.15, -0.1) is 0 Å². The van der Waals surface area contributed by atoms with Crippen LogP contribution in [0.25, 0.3) is 0 Å². The fraction of sp³-hybridized carbons (Fsp3) is 0.259. The summed E-state index contributed by atoms with van der Waals surface area (Å²) in [5, 5.41) is 2.95. The van der Waals surface area contributed by atoms with Crippen molar-refractivity contribution in [3.8, 4) is 0 Å². The Morgan fingerprint density at radius 1 is 0.794 bits per heavy atom. The number of rotatable bonds is 6. The van der Waals surface area contributed by atoms with Crippen LogP contribution in [-0.4, -0.2) is 56.2 Å². The molecule has 174 valence electrons. The fourth-order valence-corrected chi connectivity index (χ4v) is 4.39. The highest BCUT2D eigenvalue weighted by Gasteiger charge is 2.23. The van der Waals surface area contributed by atoms with E-state index in [1.807, 2.05) is 12.1 Å². The van der Waals surface area contributed by atoms with Gasteiger partial charge in [-0.3, -0.25) is 14.6 Å². The Morgan fingerprint density at radius 3 is 2.12 bits per heavy atom. The van der Waals surface area contributed by atoms with Gasteiger partial charge in [0.05, 0.1) is 6.54 Å². The van der Waals surface area contributed by atoms with E-state index in [0.29, 0.717) is 18.7 Å². The van der Waals surface area contributed by atoms with Crippen LogP contribution in [0.4, 0.5) is 21.9 Å². The molecular formula is C27H28N4O3. The Hall–Kier alpha value is -3.84. The summed E-state index contributed by atoms with van der Waals surface area (Å²) in [5.74, 6) is -0.183. The van der Waals surface area contributed by atoms with E-state index >= 15 is 0 Å². The van der Waals surface area contributed by atoms with E-state index in [1.54, 1.807) is 29.2 Å². The second kappa shape index (κ2) is 9.97. The second-order valence-corrected chi connectivity index (χ2v) is 8.56. The highest BCUT2D eigenvalue weighted by molar-refractivity contribution is 6.04. The molecule has 2 amide bonds. The van der Waals surface area contributed by atoms with Crippen LogP contribution in [0.2, 0.25) is 0 Å². The standard InChI is InChI=1S/C27H28N4O3/c32-26(22-6-10-25(11-7-22)31-18-19-34-27(31)33)28-23-8-12-24(13-9-23)30-16-14-29(15-17-30)20-21-4-2-1-3-5-21/h1-13H,14-20H2,(H,28,32). The Kier molecular flexibility index (Phi) is 6.44. The van der Waals surface area contributed by atoms with Gasteiger partial charge in [-0.25, -0.2) is 4.79 Å². The molecule has 34 heavy (non-hydrogen) atoms. The van der Waals surface area contributed by atoms with Gasteiger partial charge in [-0.2, -0.15) is 0 Å². The van der Waals surface area contributed by atoms with E-state index in [-0.39, 0.29) is 12.0 Å². The number of nitrogens with one attached hydrogen (secondary N) is 1. The molecule has 3 aromatic rings. The molecule has 0 radical (unpaired) electrons. The summed E-state index contributed by atoms with van der Waals surface area (Å²) in [4.78, 5) is 30.8. The van der Waals surface area contributed by atoms with E-state index < -0.39 is 0 Å². The molecule has 0 aromatic heterocycles. The molecule has 0 unspecified atom stereocenters. The minimum atomic E-state index is -0.352. The highest BCUT2D eigenvalue weighted by Crippen LogP contribution is 2.22. The van der Waals surface area contributed by atoms with Gasteiger partial charge in [0.1, 0.15) is 6.61 Å². The predicted molar refractivity (Wildman–Crippen MR) is 133 cm³/mol. The Morgan fingerprint density at radius 2 is 1.47 bits per heavy atom. The van der Waals surface area contributed by atoms with Crippen molar-refractivity contribution >= 4 is 29.1 Å². The van der Waals surface area contributed by atoms with Gasteiger partial charge in [0, 0.05) is 55.3 Å². The van der Waals surface area contributed by atoms with Crippen LogP contribution >= 0.6 is 0 Å². The number of anilines is 3. The first kappa shape index (κ1) is 22.0. The van der Waals surface area contributed by atoms with E-state index in [9.17, 15) is 9.59 Å². The average Bonchev–Trinajstić information content (AvgIpc) is 3.31. The number of amides is 2. The maximum Gasteiger partial charge on any atom is 0.414 e. The summed E-state index contributed by atoms with van der Waals surface area (Å²) < 4.78 is 4.96. The smallest absolute Gasteiger partial charge is 0.414 e. The molecule has 0 bridgehead atoms. The fourth-order valence-electron chi connectivity index (χ4n) is 4.39. The van der Waals surface area contributed by atoms with Crippen molar-refractivity contribution in [3.05, 3.63) is 90.0 Å². The van der Waals surface area contributed by atoms with E-state index in [1.165, 1.54) is 11.3 Å². The monoisotopic (exact) mass is 456 g/mol. The molecule has 2 aliphatic heterocycles. The van der Waals surface area contributed by atoms with Gasteiger partial charge in [0.15, 0.2) is 0 Å². The topological polar surface area (TPSA) is 65.1 Å². The molecule has 0 saturated carbocycles. The van der Waals surface area contributed by atoms with Crippen LogP contribution in [0.1, 0.15) is 15.9 Å². The lowest BCUT2D eigenvalue weighted by Gasteiger charge is -2.36. The SMILES string of the molecule is O=C(Nc1ccc(N2CCN(Cc3ccccc3)CC2)cc1)c1ccc(N2CCOC2=O)cc1. The summed E-state index contributed by atoms with van der Waals surface area (Å²) in [6.07, 6.45) is -0.352. The molecule has 2 saturated heterocycles.